The van der Waals surface area contributed by atoms with E-state index < -0.39 is 17.7 Å². The number of likely N-dealkylation sites (tertiary alicyclic amines) is 1. The summed E-state index contributed by atoms with van der Waals surface area (Å²) in [4.78, 5) is 31.8. The van der Waals surface area contributed by atoms with Gasteiger partial charge in [-0.3, -0.25) is 9.59 Å². The van der Waals surface area contributed by atoms with Gasteiger partial charge in [0.05, 0.1) is 25.1 Å². The van der Waals surface area contributed by atoms with Crippen molar-refractivity contribution in [2.45, 2.75) is 19.0 Å². The molecule has 1 aromatic heterocycles. The van der Waals surface area contributed by atoms with E-state index >= 15 is 0 Å². The second kappa shape index (κ2) is 8.93. The van der Waals surface area contributed by atoms with Gasteiger partial charge in [-0.1, -0.05) is 18.2 Å². The second-order valence-electron chi connectivity index (χ2n) is 7.99. The molecule has 1 N–H and O–H groups in total. The number of imidazole rings is 1. The Labute approximate surface area is 195 Å². The van der Waals surface area contributed by atoms with Crippen LogP contribution >= 0.6 is 0 Å². The molecule has 0 spiro atoms. The number of rotatable bonds is 7. The van der Waals surface area contributed by atoms with Crippen LogP contribution in [0.2, 0.25) is 0 Å². The Kier molecular flexibility index (Phi) is 5.67. The minimum absolute atomic E-state index is 0.0275. The van der Waals surface area contributed by atoms with Gasteiger partial charge in [0.25, 0.3) is 11.7 Å². The number of benzene rings is 2. The molecule has 1 fully saturated rings. The molecule has 3 aromatic rings. The van der Waals surface area contributed by atoms with Crippen LogP contribution < -0.4 is 14.2 Å². The number of hydrogen-bond donors (Lipinski definition) is 1. The van der Waals surface area contributed by atoms with Crippen molar-refractivity contribution in [1.82, 2.24) is 14.5 Å². The lowest BCUT2D eigenvalue weighted by atomic mass is 9.95. The molecule has 174 valence electrons. The summed E-state index contributed by atoms with van der Waals surface area (Å²) in [6.45, 7) is 1.05. The molecule has 1 saturated heterocycles. The number of fused-ring (bicyclic) bond motifs is 1. The van der Waals surface area contributed by atoms with E-state index in [4.69, 9.17) is 14.2 Å². The maximum atomic E-state index is 13.2. The quantitative estimate of drug-likeness (QED) is 0.328. The molecule has 1 amide bonds. The zero-order valence-electron chi connectivity index (χ0n) is 18.5. The van der Waals surface area contributed by atoms with Crippen LogP contribution in [0.4, 0.5) is 0 Å². The summed E-state index contributed by atoms with van der Waals surface area (Å²) in [5, 5.41) is 11.2. The van der Waals surface area contributed by atoms with Crippen molar-refractivity contribution in [3.63, 3.8) is 0 Å². The van der Waals surface area contributed by atoms with E-state index in [-0.39, 0.29) is 18.1 Å². The van der Waals surface area contributed by atoms with Crippen molar-refractivity contribution in [2.75, 3.05) is 20.4 Å². The van der Waals surface area contributed by atoms with Crippen LogP contribution in [0.5, 0.6) is 17.2 Å². The Morgan fingerprint density at radius 3 is 2.79 bits per heavy atom. The number of aromatic nitrogens is 2. The second-order valence-corrected chi connectivity index (χ2v) is 7.99. The van der Waals surface area contributed by atoms with Gasteiger partial charge in [-0.2, -0.15) is 0 Å². The molecule has 3 heterocycles. The minimum Gasteiger partial charge on any atom is -0.507 e. The molecule has 0 aliphatic carbocycles. The molecule has 2 aromatic carbocycles. The number of hydrogen-bond acceptors (Lipinski definition) is 7. The number of carbonyl (C=O) groups excluding carboxylic acids is 2. The maximum Gasteiger partial charge on any atom is 0.295 e. The maximum absolute atomic E-state index is 13.2. The fraction of sp³-hybridized carbons (Fsp3) is 0.240. The third kappa shape index (κ3) is 3.85. The standard InChI is InChI=1S/C25H23N3O6/c1-32-18-5-2-4-17(12-18)23(29)21-22(16-6-7-19-20(13-16)34-15-33-19)28(25(31)24(21)30)10-3-9-27-11-8-26-14-27/h2,4-8,11-14,22,29H,3,9-10,15H2,1H3/t22-/m1/s1. The minimum atomic E-state index is -0.775. The van der Waals surface area contributed by atoms with Crippen molar-refractivity contribution in [1.29, 1.82) is 0 Å². The average molecular weight is 461 g/mol. The molecule has 0 saturated carbocycles. The lowest BCUT2D eigenvalue weighted by Gasteiger charge is -2.25. The zero-order valence-corrected chi connectivity index (χ0v) is 18.5. The van der Waals surface area contributed by atoms with E-state index in [0.29, 0.717) is 47.9 Å². The summed E-state index contributed by atoms with van der Waals surface area (Å²) >= 11 is 0. The van der Waals surface area contributed by atoms with Crippen LogP contribution in [0.15, 0.2) is 66.8 Å². The first kappa shape index (κ1) is 21.6. The van der Waals surface area contributed by atoms with Crippen molar-refractivity contribution >= 4 is 17.4 Å². The summed E-state index contributed by atoms with van der Waals surface area (Å²) in [6, 6.07) is 11.2. The number of ketones is 1. The molecule has 5 rings (SSSR count). The monoisotopic (exact) mass is 461 g/mol. The van der Waals surface area contributed by atoms with Crippen LogP contribution in [-0.2, 0) is 16.1 Å². The van der Waals surface area contributed by atoms with Gasteiger partial charge in [-0.15, -0.1) is 0 Å². The first-order valence-corrected chi connectivity index (χ1v) is 10.8. The van der Waals surface area contributed by atoms with Crippen LogP contribution in [0.3, 0.4) is 0 Å². The lowest BCUT2D eigenvalue weighted by Crippen LogP contribution is -2.31. The zero-order chi connectivity index (χ0) is 23.7. The average Bonchev–Trinajstić information content (AvgIpc) is 3.60. The highest BCUT2D eigenvalue weighted by Gasteiger charge is 2.46. The highest BCUT2D eigenvalue weighted by molar-refractivity contribution is 6.46. The van der Waals surface area contributed by atoms with Gasteiger partial charge < -0.3 is 28.8 Å². The molecule has 9 heteroatoms. The van der Waals surface area contributed by atoms with Crippen LogP contribution in [0.25, 0.3) is 5.76 Å². The lowest BCUT2D eigenvalue weighted by molar-refractivity contribution is -0.139. The van der Waals surface area contributed by atoms with Crippen LogP contribution in [-0.4, -0.2) is 51.7 Å². The Balaban J connectivity index is 1.55. The third-order valence-electron chi connectivity index (χ3n) is 5.97. The number of ether oxygens (including phenoxy) is 3. The van der Waals surface area contributed by atoms with E-state index in [1.807, 2.05) is 10.8 Å². The van der Waals surface area contributed by atoms with E-state index in [2.05, 4.69) is 4.98 Å². The Bertz CT molecular complexity index is 1270. The predicted octanol–water partition coefficient (Wildman–Crippen LogP) is 3.13. The van der Waals surface area contributed by atoms with Gasteiger partial charge in [0.2, 0.25) is 6.79 Å². The number of aliphatic hydroxyl groups is 1. The van der Waals surface area contributed by atoms with E-state index in [9.17, 15) is 14.7 Å². The number of aryl methyl sites for hydroxylation is 1. The molecular formula is C25H23N3O6. The van der Waals surface area contributed by atoms with Gasteiger partial charge >= 0.3 is 0 Å². The van der Waals surface area contributed by atoms with Gasteiger partial charge in [0.15, 0.2) is 11.5 Å². The fourth-order valence-corrected chi connectivity index (χ4v) is 4.31. The molecule has 0 bridgehead atoms. The first-order valence-electron chi connectivity index (χ1n) is 10.8. The summed E-state index contributed by atoms with van der Waals surface area (Å²) < 4.78 is 18.1. The number of aliphatic hydroxyl groups excluding tert-OH is 1. The summed E-state index contributed by atoms with van der Waals surface area (Å²) in [5.74, 6) is 0.00937. The molecule has 2 aliphatic heterocycles. The van der Waals surface area contributed by atoms with Gasteiger partial charge in [0.1, 0.15) is 11.5 Å². The molecule has 9 nitrogen and oxygen atoms in total. The number of amides is 1. The van der Waals surface area contributed by atoms with Crippen LogP contribution in [0.1, 0.15) is 23.6 Å². The van der Waals surface area contributed by atoms with Crippen molar-refractivity contribution in [3.8, 4) is 17.2 Å². The van der Waals surface area contributed by atoms with Gasteiger partial charge in [-0.25, -0.2) is 4.98 Å². The molecule has 0 unspecified atom stereocenters. The Hall–Kier alpha value is -4.27. The van der Waals surface area contributed by atoms with Crippen molar-refractivity contribution in [3.05, 3.63) is 77.9 Å². The highest BCUT2D eigenvalue weighted by atomic mass is 16.7. The van der Waals surface area contributed by atoms with Crippen LogP contribution in [0, 0.1) is 0 Å². The first-order chi connectivity index (χ1) is 16.6. The largest absolute Gasteiger partial charge is 0.507 e. The molecular weight excluding hydrogens is 438 g/mol. The predicted molar refractivity (Wildman–Crippen MR) is 121 cm³/mol. The summed E-state index contributed by atoms with van der Waals surface area (Å²) in [7, 11) is 1.52. The van der Waals surface area contributed by atoms with E-state index in [1.54, 1.807) is 55.0 Å². The highest BCUT2D eigenvalue weighted by Crippen LogP contribution is 2.43. The fourth-order valence-electron chi connectivity index (χ4n) is 4.31. The molecule has 0 radical (unpaired) electrons. The van der Waals surface area contributed by atoms with E-state index in [0.717, 1.165) is 0 Å². The number of Topliss-reactive ketones (excluding diaryl/α,β-unsaturated/α-hetero) is 1. The number of carbonyl (C=O) groups is 2. The Morgan fingerprint density at radius 2 is 2.00 bits per heavy atom. The third-order valence-corrected chi connectivity index (χ3v) is 5.97. The topological polar surface area (TPSA) is 103 Å². The smallest absolute Gasteiger partial charge is 0.295 e. The summed E-state index contributed by atoms with van der Waals surface area (Å²) in [5.41, 5.74) is 1.07. The molecule has 2 aliphatic rings. The van der Waals surface area contributed by atoms with E-state index in [1.165, 1.54) is 12.0 Å². The SMILES string of the molecule is COc1cccc(C(O)=C2C(=O)C(=O)N(CCCn3ccnc3)[C@@H]2c2ccc3c(c2)OCO3)c1. The normalized spacial score (nSPS) is 18.5. The number of methoxy groups -OCH3 is 1. The van der Waals surface area contributed by atoms with Crippen molar-refractivity contribution in [2.24, 2.45) is 0 Å². The Morgan fingerprint density at radius 1 is 1.15 bits per heavy atom. The number of nitrogens with zero attached hydrogens (tertiary/aromatic N) is 3. The summed E-state index contributed by atoms with van der Waals surface area (Å²) in [6.07, 6.45) is 5.83. The van der Waals surface area contributed by atoms with Gasteiger partial charge in [-0.05, 0) is 36.2 Å². The van der Waals surface area contributed by atoms with Gasteiger partial charge in [0, 0.05) is 31.0 Å². The van der Waals surface area contributed by atoms with Crippen molar-refractivity contribution < 1.29 is 28.9 Å². The molecule has 34 heavy (non-hydrogen) atoms. The molecule has 1 atom stereocenters.